The Bertz CT molecular complexity index is 1480. The van der Waals surface area contributed by atoms with Crippen LogP contribution < -0.4 is 5.32 Å². The third kappa shape index (κ3) is 4.43. The van der Waals surface area contributed by atoms with Crippen molar-refractivity contribution in [2.24, 2.45) is 0 Å². The standard InChI is InChI=1S/C22H24N6O3S2/c1-13-10-11-16(33(30,31)27(4)5)12-19(13)24-21(29)14(2)32-22-25-18-9-7-6-8-17(18)20-23-15(3)26-28(20)22/h6-12,14H,1-5H3,(H,24,29)/t14-/m1/s1. The van der Waals surface area contributed by atoms with Crippen LogP contribution in [-0.4, -0.2) is 57.6 Å². The molecule has 0 aliphatic heterocycles. The highest BCUT2D eigenvalue weighted by molar-refractivity contribution is 8.00. The van der Waals surface area contributed by atoms with Gasteiger partial charge in [-0.05, 0) is 50.6 Å². The number of para-hydroxylation sites is 1. The van der Waals surface area contributed by atoms with Gasteiger partial charge in [-0.3, -0.25) is 4.79 Å². The molecule has 1 amide bonds. The number of nitrogens with one attached hydrogen (secondary N) is 1. The first kappa shape index (κ1) is 23.1. The molecule has 4 rings (SSSR count). The first-order valence-corrected chi connectivity index (χ1v) is 12.5. The van der Waals surface area contributed by atoms with E-state index in [0.29, 0.717) is 22.3 Å². The SMILES string of the molecule is Cc1nc2c3ccccc3nc(S[C@H](C)C(=O)Nc3cc(S(=O)(=O)N(C)C)ccc3C)n2n1. The second-order valence-corrected chi connectivity index (χ2v) is 11.3. The van der Waals surface area contributed by atoms with Crippen molar-refractivity contribution in [1.82, 2.24) is 23.9 Å². The van der Waals surface area contributed by atoms with Gasteiger partial charge in [0.05, 0.1) is 15.7 Å². The van der Waals surface area contributed by atoms with Gasteiger partial charge in [0.2, 0.25) is 15.9 Å². The van der Waals surface area contributed by atoms with Crippen LogP contribution in [0.2, 0.25) is 0 Å². The first-order chi connectivity index (χ1) is 15.6. The lowest BCUT2D eigenvalue weighted by Gasteiger charge is -2.16. The quantitative estimate of drug-likeness (QED) is 0.330. The van der Waals surface area contributed by atoms with Crippen LogP contribution in [0.15, 0.2) is 52.5 Å². The Morgan fingerprint density at radius 3 is 2.58 bits per heavy atom. The number of aryl methyl sites for hydroxylation is 2. The van der Waals surface area contributed by atoms with Gasteiger partial charge < -0.3 is 5.32 Å². The Morgan fingerprint density at radius 2 is 1.85 bits per heavy atom. The zero-order valence-electron chi connectivity index (χ0n) is 18.9. The van der Waals surface area contributed by atoms with E-state index < -0.39 is 15.3 Å². The van der Waals surface area contributed by atoms with Gasteiger partial charge in [0.25, 0.3) is 0 Å². The number of rotatable bonds is 6. The molecule has 172 valence electrons. The van der Waals surface area contributed by atoms with Crippen LogP contribution in [0.1, 0.15) is 18.3 Å². The maximum absolute atomic E-state index is 13.0. The monoisotopic (exact) mass is 484 g/mol. The summed E-state index contributed by atoms with van der Waals surface area (Å²) in [5, 5.41) is 8.21. The topological polar surface area (TPSA) is 110 Å². The molecular formula is C22H24N6O3S2. The highest BCUT2D eigenvalue weighted by Crippen LogP contribution is 2.28. The number of fused-ring (bicyclic) bond motifs is 3. The number of amides is 1. The van der Waals surface area contributed by atoms with Crippen LogP contribution in [0.25, 0.3) is 16.6 Å². The number of benzene rings is 2. The molecule has 2 aromatic carbocycles. The predicted octanol–water partition coefficient (Wildman–Crippen LogP) is 3.26. The normalized spacial score (nSPS) is 13.0. The van der Waals surface area contributed by atoms with E-state index in [9.17, 15) is 13.2 Å². The van der Waals surface area contributed by atoms with E-state index in [0.717, 1.165) is 20.8 Å². The molecule has 0 saturated heterocycles. The van der Waals surface area contributed by atoms with Gasteiger partial charge in [0.1, 0.15) is 5.82 Å². The lowest BCUT2D eigenvalue weighted by Crippen LogP contribution is -2.25. The Hall–Kier alpha value is -3.02. The fourth-order valence-corrected chi connectivity index (χ4v) is 5.05. The summed E-state index contributed by atoms with van der Waals surface area (Å²) >= 11 is 1.26. The number of thioether (sulfide) groups is 1. The van der Waals surface area contributed by atoms with Crippen LogP contribution in [0.3, 0.4) is 0 Å². The molecule has 4 aromatic rings. The van der Waals surface area contributed by atoms with E-state index in [1.165, 1.54) is 38.0 Å². The zero-order valence-corrected chi connectivity index (χ0v) is 20.5. The Balaban J connectivity index is 1.62. The molecule has 1 atom stereocenters. The summed E-state index contributed by atoms with van der Waals surface area (Å²) < 4.78 is 27.7. The maximum Gasteiger partial charge on any atom is 0.242 e. The van der Waals surface area contributed by atoms with Crippen molar-refractivity contribution in [2.45, 2.75) is 36.1 Å². The second kappa shape index (κ2) is 8.73. The molecule has 0 radical (unpaired) electrons. The largest absolute Gasteiger partial charge is 0.325 e. The van der Waals surface area contributed by atoms with Crippen molar-refractivity contribution in [2.75, 3.05) is 19.4 Å². The summed E-state index contributed by atoms with van der Waals surface area (Å²) in [6.07, 6.45) is 0. The highest BCUT2D eigenvalue weighted by atomic mass is 32.2. The van der Waals surface area contributed by atoms with Crippen molar-refractivity contribution in [3.05, 3.63) is 53.9 Å². The minimum atomic E-state index is -3.62. The lowest BCUT2D eigenvalue weighted by atomic mass is 10.2. The summed E-state index contributed by atoms with van der Waals surface area (Å²) in [5.41, 5.74) is 2.66. The van der Waals surface area contributed by atoms with Gasteiger partial charge in [0, 0.05) is 25.2 Å². The van der Waals surface area contributed by atoms with Gasteiger partial charge >= 0.3 is 0 Å². The lowest BCUT2D eigenvalue weighted by molar-refractivity contribution is -0.115. The Kier molecular flexibility index (Phi) is 6.12. The molecular weight excluding hydrogens is 460 g/mol. The average Bonchev–Trinajstić information content (AvgIpc) is 3.17. The highest BCUT2D eigenvalue weighted by Gasteiger charge is 2.22. The number of nitrogens with zero attached hydrogens (tertiary/aromatic N) is 5. The second-order valence-electron chi connectivity index (χ2n) is 7.82. The van der Waals surface area contributed by atoms with Crippen molar-refractivity contribution >= 4 is 49.9 Å². The molecule has 9 nitrogen and oxygen atoms in total. The van der Waals surface area contributed by atoms with Gasteiger partial charge in [-0.1, -0.05) is 30.0 Å². The molecule has 11 heteroatoms. The fourth-order valence-electron chi connectivity index (χ4n) is 3.26. The Labute approximate surface area is 196 Å². The van der Waals surface area contributed by atoms with Crippen molar-refractivity contribution in [1.29, 1.82) is 0 Å². The molecule has 0 saturated carbocycles. The average molecular weight is 485 g/mol. The summed E-state index contributed by atoms with van der Waals surface area (Å²) in [6.45, 7) is 5.39. The van der Waals surface area contributed by atoms with Gasteiger partial charge in [-0.2, -0.15) is 4.52 Å². The molecule has 0 unspecified atom stereocenters. The molecule has 2 heterocycles. The van der Waals surface area contributed by atoms with E-state index in [2.05, 4.69) is 20.4 Å². The molecule has 1 N–H and O–H groups in total. The molecule has 2 aromatic heterocycles. The van der Waals surface area contributed by atoms with Gasteiger partial charge in [-0.15, -0.1) is 5.10 Å². The third-order valence-electron chi connectivity index (χ3n) is 5.15. The van der Waals surface area contributed by atoms with E-state index >= 15 is 0 Å². The van der Waals surface area contributed by atoms with Crippen LogP contribution in [-0.2, 0) is 14.8 Å². The molecule has 0 aliphatic rings. The Morgan fingerprint density at radius 1 is 1.12 bits per heavy atom. The number of hydrogen-bond donors (Lipinski definition) is 1. The third-order valence-corrected chi connectivity index (χ3v) is 8.01. The summed E-state index contributed by atoms with van der Waals surface area (Å²) in [7, 11) is -0.680. The summed E-state index contributed by atoms with van der Waals surface area (Å²) in [4.78, 5) is 22.3. The fraction of sp³-hybridized carbons (Fsp3) is 0.273. The molecule has 0 bridgehead atoms. The van der Waals surface area contributed by atoms with Crippen LogP contribution in [0.5, 0.6) is 0 Å². The van der Waals surface area contributed by atoms with E-state index in [-0.39, 0.29) is 10.8 Å². The summed E-state index contributed by atoms with van der Waals surface area (Å²) in [6, 6.07) is 12.3. The minimum Gasteiger partial charge on any atom is -0.325 e. The van der Waals surface area contributed by atoms with Crippen molar-refractivity contribution in [3.63, 3.8) is 0 Å². The number of aromatic nitrogens is 4. The van der Waals surface area contributed by atoms with E-state index in [1.807, 2.05) is 38.1 Å². The number of hydrogen-bond acceptors (Lipinski definition) is 7. The predicted molar refractivity (Wildman–Crippen MR) is 129 cm³/mol. The van der Waals surface area contributed by atoms with E-state index in [4.69, 9.17) is 0 Å². The zero-order chi connectivity index (χ0) is 23.9. The first-order valence-electron chi connectivity index (χ1n) is 10.2. The molecule has 33 heavy (non-hydrogen) atoms. The molecule has 0 fully saturated rings. The number of carbonyl (C=O) groups is 1. The van der Waals surface area contributed by atoms with Crippen LogP contribution in [0, 0.1) is 13.8 Å². The van der Waals surface area contributed by atoms with Crippen LogP contribution >= 0.6 is 11.8 Å². The van der Waals surface area contributed by atoms with Gasteiger partial charge in [-0.25, -0.2) is 22.7 Å². The van der Waals surface area contributed by atoms with Crippen molar-refractivity contribution in [3.8, 4) is 0 Å². The molecule has 0 aliphatic carbocycles. The van der Waals surface area contributed by atoms with Crippen LogP contribution in [0.4, 0.5) is 5.69 Å². The maximum atomic E-state index is 13.0. The number of sulfonamides is 1. The number of carbonyl (C=O) groups excluding carboxylic acids is 1. The number of anilines is 1. The van der Waals surface area contributed by atoms with Crippen molar-refractivity contribution < 1.29 is 13.2 Å². The van der Waals surface area contributed by atoms with E-state index in [1.54, 1.807) is 17.5 Å². The minimum absolute atomic E-state index is 0.115. The molecule has 0 spiro atoms. The van der Waals surface area contributed by atoms with Gasteiger partial charge in [0.15, 0.2) is 10.8 Å². The smallest absolute Gasteiger partial charge is 0.242 e. The summed E-state index contributed by atoms with van der Waals surface area (Å²) in [5.74, 6) is 0.337.